The summed E-state index contributed by atoms with van der Waals surface area (Å²) < 4.78 is 23.9. The molecule has 0 spiro atoms. The minimum Gasteiger partial charge on any atom is -0.455 e. The molecule has 0 saturated heterocycles. The molecule has 0 bridgehead atoms. The fraction of sp³-hybridized carbons (Fsp3) is 1.00. The van der Waals surface area contributed by atoms with Gasteiger partial charge in [0.2, 0.25) is 0 Å². The van der Waals surface area contributed by atoms with Crippen LogP contribution in [0.4, 0.5) is 0 Å². The van der Waals surface area contributed by atoms with Crippen molar-refractivity contribution in [2.24, 2.45) is 39.9 Å². The minimum absolute atomic E-state index is 0.0273. The van der Waals surface area contributed by atoms with Crippen molar-refractivity contribution in [3.05, 3.63) is 0 Å². The molecule has 0 N–H and O–H groups in total. The summed E-state index contributed by atoms with van der Waals surface area (Å²) in [5, 5.41) is 0. The van der Waals surface area contributed by atoms with E-state index in [-0.39, 0.29) is 5.41 Å². The van der Waals surface area contributed by atoms with Crippen LogP contribution in [0.5, 0.6) is 0 Å². The summed E-state index contributed by atoms with van der Waals surface area (Å²) in [6.07, 6.45) is 24.4. The van der Waals surface area contributed by atoms with E-state index in [1.807, 2.05) is 0 Å². The van der Waals surface area contributed by atoms with Crippen LogP contribution in [-0.4, -0.2) is 56.3 Å². The van der Waals surface area contributed by atoms with Gasteiger partial charge < -0.3 is 18.3 Å². The molecule has 0 aliphatic heterocycles. The van der Waals surface area contributed by atoms with Crippen LogP contribution in [0.15, 0.2) is 0 Å². The third-order valence-electron chi connectivity index (χ3n) is 15.0. The van der Waals surface area contributed by atoms with E-state index < -0.39 is 16.6 Å². The van der Waals surface area contributed by atoms with Crippen LogP contribution < -0.4 is 0 Å². The van der Waals surface area contributed by atoms with E-state index in [4.69, 9.17) is 18.3 Å². The first-order chi connectivity index (χ1) is 30.0. The van der Waals surface area contributed by atoms with Gasteiger partial charge in [-0.3, -0.25) is 0 Å². The first-order valence-corrected chi connectivity index (χ1v) is 34.7. The lowest BCUT2D eigenvalue weighted by Crippen LogP contribution is -2.46. The van der Waals surface area contributed by atoms with Crippen LogP contribution in [0.1, 0.15) is 260 Å². The standard InChI is InChI=1S/C15H32O3.C15H36OSi2.C11H24.C9H20.C8H18/c1-5-9-16-12-15(8-4,13-17-10-6-2)14-18-11-7-3;1-9-14(4)12-17(5,6)16-18(7,8)13-15(10-2)11-3;1-5-7-10(3)9-11(4)8-6-2;1-5-9(6-2,7-3)8-4;1-5-8(4,6-2)7-3/h5-14H2,1-4H3;14-15H,9-13H2,1-8H3;10-11H,5-9H2,1-4H3;5-8H2,1-4H3;5-7H2,1-4H3. The maximum absolute atomic E-state index is 6.71. The van der Waals surface area contributed by atoms with Gasteiger partial charge in [-0.1, -0.05) is 228 Å². The highest BCUT2D eigenvalue weighted by Gasteiger charge is 2.35. The van der Waals surface area contributed by atoms with Crippen molar-refractivity contribution >= 4 is 16.6 Å². The smallest absolute Gasteiger partial charge is 0.173 e. The number of ether oxygens (including phenoxy) is 3. The van der Waals surface area contributed by atoms with Crippen molar-refractivity contribution in [2.45, 2.75) is 299 Å². The molecule has 0 saturated carbocycles. The molecular formula is C58H130O4Si2. The largest absolute Gasteiger partial charge is 0.455 e. The fourth-order valence-corrected chi connectivity index (χ4v) is 19.6. The molecule has 394 valence electrons. The summed E-state index contributed by atoms with van der Waals surface area (Å²) in [5.74, 6) is 3.59. The molecule has 0 aliphatic carbocycles. The van der Waals surface area contributed by atoms with Crippen molar-refractivity contribution in [1.29, 1.82) is 0 Å². The molecule has 0 rings (SSSR count). The Kier molecular flexibility index (Phi) is 52.3. The predicted octanol–water partition coefficient (Wildman–Crippen LogP) is 20.6. The third kappa shape index (κ3) is 42.4. The molecule has 0 aromatic carbocycles. The molecule has 3 unspecified atom stereocenters. The zero-order valence-electron chi connectivity index (χ0n) is 49.5. The average molecular weight is 948 g/mol. The number of hydrogen-bond acceptors (Lipinski definition) is 4. The first-order valence-electron chi connectivity index (χ1n) is 28.5. The second-order valence-electron chi connectivity index (χ2n) is 22.0. The van der Waals surface area contributed by atoms with Crippen LogP contribution >= 0.6 is 0 Å². The van der Waals surface area contributed by atoms with Crippen molar-refractivity contribution in [3.8, 4) is 0 Å². The van der Waals surface area contributed by atoms with Gasteiger partial charge in [0.15, 0.2) is 16.6 Å². The van der Waals surface area contributed by atoms with Crippen LogP contribution in [-0.2, 0) is 18.3 Å². The number of rotatable bonds is 35. The van der Waals surface area contributed by atoms with Crippen molar-refractivity contribution in [2.75, 3.05) is 39.6 Å². The van der Waals surface area contributed by atoms with Gasteiger partial charge in [0.1, 0.15) is 0 Å². The number of hydrogen-bond donors (Lipinski definition) is 0. The molecule has 4 nitrogen and oxygen atoms in total. The molecular weight excluding hydrogens is 817 g/mol. The first kappa shape index (κ1) is 73.2. The quantitative estimate of drug-likeness (QED) is 0.0469. The summed E-state index contributed by atoms with van der Waals surface area (Å²) in [7, 11) is -2.92. The summed E-state index contributed by atoms with van der Waals surface area (Å²) >= 11 is 0. The summed E-state index contributed by atoms with van der Waals surface area (Å²) in [4.78, 5) is 0. The summed E-state index contributed by atoms with van der Waals surface area (Å²) in [6, 6.07) is 2.67. The van der Waals surface area contributed by atoms with Crippen molar-refractivity contribution < 1.29 is 18.3 Å². The van der Waals surface area contributed by atoms with E-state index in [0.717, 1.165) is 89.0 Å². The molecule has 0 fully saturated rings. The molecule has 0 aliphatic rings. The van der Waals surface area contributed by atoms with E-state index in [9.17, 15) is 0 Å². The SMILES string of the molecule is CCC(C)(CC)CC.CCC(C)C[Si](C)(C)O[Si](C)(C)CC(CC)CC.CCC(CC)(CC)CC.CCCC(C)CC(C)CCC.CCCOCC(CC)(COCCC)COCCC. The molecule has 3 atom stereocenters. The predicted molar refractivity (Wildman–Crippen MR) is 301 cm³/mol. The zero-order chi connectivity index (χ0) is 50.7. The highest BCUT2D eigenvalue weighted by molar-refractivity contribution is 6.84. The van der Waals surface area contributed by atoms with Gasteiger partial charge in [-0.2, -0.15) is 0 Å². The van der Waals surface area contributed by atoms with Crippen molar-refractivity contribution in [3.63, 3.8) is 0 Å². The molecule has 0 aromatic heterocycles. The van der Waals surface area contributed by atoms with Gasteiger partial charge in [0.05, 0.1) is 19.8 Å². The van der Waals surface area contributed by atoms with Gasteiger partial charge in [0, 0.05) is 25.2 Å². The van der Waals surface area contributed by atoms with Crippen LogP contribution in [0.25, 0.3) is 0 Å². The molecule has 0 aromatic rings. The Labute approximate surface area is 411 Å². The average Bonchev–Trinajstić information content (AvgIpc) is 3.26. The third-order valence-corrected chi connectivity index (χ3v) is 22.6. The van der Waals surface area contributed by atoms with Crippen molar-refractivity contribution in [1.82, 2.24) is 0 Å². The lowest BCUT2D eigenvalue weighted by molar-refractivity contribution is -0.0712. The second-order valence-corrected chi connectivity index (χ2v) is 30.7. The van der Waals surface area contributed by atoms with E-state index in [1.165, 1.54) is 108 Å². The molecule has 0 amide bonds. The monoisotopic (exact) mass is 947 g/mol. The van der Waals surface area contributed by atoms with Gasteiger partial charge in [-0.25, -0.2) is 0 Å². The van der Waals surface area contributed by atoms with Crippen LogP contribution in [0, 0.1) is 39.9 Å². The van der Waals surface area contributed by atoms with E-state index in [1.54, 1.807) is 0 Å². The zero-order valence-corrected chi connectivity index (χ0v) is 51.5. The lowest BCUT2D eigenvalue weighted by Gasteiger charge is -2.37. The highest BCUT2D eigenvalue weighted by atomic mass is 28.4. The lowest BCUT2D eigenvalue weighted by atomic mass is 9.78. The molecule has 0 heterocycles. The van der Waals surface area contributed by atoms with Crippen LogP contribution in [0.2, 0.25) is 38.3 Å². The Balaban J connectivity index is -0.000000236. The Morgan fingerprint density at radius 2 is 0.719 bits per heavy atom. The summed E-state index contributed by atoms with van der Waals surface area (Å²) in [5.41, 5.74) is 1.32. The maximum Gasteiger partial charge on any atom is 0.173 e. The second kappa shape index (κ2) is 45.7. The molecule has 6 heteroatoms. The maximum atomic E-state index is 6.71. The van der Waals surface area contributed by atoms with Gasteiger partial charge >= 0.3 is 0 Å². The normalized spacial score (nSPS) is 13.6. The Morgan fingerprint density at radius 1 is 0.391 bits per heavy atom. The molecule has 64 heavy (non-hydrogen) atoms. The highest BCUT2D eigenvalue weighted by Crippen LogP contribution is 2.34. The van der Waals surface area contributed by atoms with Crippen LogP contribution in [0.3, 0.4) is 0 Å². The Bertz CT molecular complexity index is 850. The Hall–Kier alpha value is 0.274. The van der Waals surface area contributed by atoms with Gasteiger partial charge in [-0.15, -0.1) is 0 Å². The topological polar surface area (TPSA) is 36.9 Å². The Morgan fingerprint density at radius 3 is 0.938 bits per heavy atom. The fourth-order valence-electron chi connectivity index (χ4n) is 8.98. The molecule has 0 radical (unpaired) electrons. The van der Waals surface area contributed by atoms with E-state index in [2.05, 4.69) is 165 Å². The van der Waals surface area contributed by atoms with E-state index in [0.29, 0.717) is 10.8 Å². The minimum atomic E-state index is -1.46. The van der Waals surface area contributed by atoms with Gasteiger partial charge in [0.25, 0.3) is 0 Å². The van der Waals surface area contributed by atoms with E-state index >= 15 is 0 Å². The van der Waals surface area contributed by atoms with Gasteiger partial charge in [-0.05, 0) is 105 Å². The summed E-state index contributed by atoms with van der Waals surface area (Å²) in [6.45, 7) is 60.0.